The van der Waals surface area contributed by atoms with Crippen LogP contribution in [0.25, 0.3) is 0 Å². The van der Waals surface area contributed by atoms with Crippen molar-refractivity contribution in [3.8, 4) is 6.07 Å². The number of rotatable bonds is 4. The van der Waals surface area contributed by atoms with E-state index in [1.165, 1.54) is 0 Å². The summed E-state index contributed by atoms with van der Waals surface area (Å²) >= 11 is 0. The summed E-state index contributed by atoms with van der Waals surface area (Å²) in [4.78, 5) is 10.3. The highest BCUT2D eigenvalue weighted by Crippen LogP contribution is 2.12. The van der Waals surface area contributed by atoms with E-state index in [2.05, 4.69) is 5.32 Å². The molecule has 0 aliphatic carbocycles. The van der Waals surface area contributed by atoms with Crippen molar-refractivity contribution in [2.45, 2.75) is 13.0 Å². The molecule has 1 aromatic rings. The first kappa shape index (κ1) is 11.2. The molecular weight excluding hydrogens is 192 g/mol. The van der Waals surface area contributed by atoms with Crippen molar-refractivity contribution in [3.05, 3.63) is 35.4 Å². The van der Waals surface area contributed by atoms with Crippen LogP contribution in [0.3, 0.4) is 0 Å². The zero-order valence-corrected chi connectivity index (χ0v) is 8.40. The van der Waals surface area contributed by atoms with Crippen LogP contribution in [0.5, 0.6) is 0 Å². The Morgan fingerprint density at radius 2 is 2.13 bits per heavy atom. The van der Waals surface area contributed by atoms with Gasteiger partial charge in [0.15, 0.2) is 0 Å². The Kier molecular flexibility index (Phi) is 3.83. The summed E-state index contributed by atoms with van der Waals surface area (Å²) in [6, 6.07) is 9.06. The fourth-order valence-corrected chi connectivity index (χ4v) is 1.20. The van der Waals surface area contributed by atoms with E-state index in [0.717, 1.165) is 5.56 Å². The molecule has 0 spiro atoms. The van der Waals surface area contributed by atoms with E-state index in [0.29, 0.717) is 5.56 Å². The average molecular weight is 204 g/mol. The van der Waals surface area contributed by atoms with E-state index < -0.39 is 5.97 Å². The van der Waals surface area contributed by atoms with Crippen molar-refractivity contribution in [1.82, 2.24) is 5.32 Å². The number of hydrogen-bond acceptors (Lipinski definition) is 3. The zero-order valence-electron chi connectivity index (χ0n) is 8.40. The van der Waals surface area contributed by atoms with Crippen LogP contribution in [-0.4, -0.2) is 17.6 Å². The van der Waals surface area contributed by atoms with Crippen molar-refractivity contribution in [2.24, 2.45) is 0 Å². The van der Waals surface area contributed by atoms with Crippen molar-refractivity contribution >= 4 is 5.97 Å². The van der Waals surface area contributed by atoms with Crippen molar-refractivity contribution in [3.63, 3.8) is 0 Å². The highest BCUT2D eigenvalue weighted by molar-refractivity contribution is 5.69. The Morgan fingerprint density at radius 3 is 2.60 bits per heavy atom. The minimum atomic E-state index is -0.879. The number of carbonyl (C=O) groups is 1. The number of nitrogens with one attached hydrogen (secondary N) is 1. The van der Waals surface area contributed by atoms with Crippen molar-refractivity contribution in [2.75, 3.05) is 6.54 Å². The fourth-order valence-electron chi connectivity index (χ4n) is 1.20. The van der Waals surface area contributed by atoms with Gasteiger partial charge in [-0.1, -0.05) is 12.1 Å². The zero-order chi connectivity index (χ0) is 11.3. The molecule has 78 valence electrons. The lowest BCUT2D eigenvalue weighted by Gasteiger charge is -2.12. The van der Waals surface area contributed by atoms with Crippen LogP contribution in [0.1, 0.15) is 24.1 Å². The van der Waals surface area contributed by atoms with Crippen LogP contribution in [0.15, 0.2) is 24.3 Å². The van der Waals surface area contributed by atoms with Gasteiger partial charge in [-0.05, 0) is 24.6 Å². The number of nitriles is 1. The topological polar surface area (TPSA) is 73.1 Å². The highest BCUT2D eigenvalue weighted by Gasteiger charge is 2.06. The summed E-state index contributed by atoms with van der Waals surface area (Å²) in [5.41, 5.74) is 1.57. The van der Waals surface area contributed by atoms with Crippen LogP contribution in [0.2, 0.25) is 0 Å². The van der Waals surface area contributed by atoms with Crippen LogP contribution in [0.4, 0.5) is 0 Å². The van der Waals surface area contributed by atoms with Gasteiger partial charge >= 0.3 is 5.97 Å². The molecule has 0 fully saturated rings. The number of carboxylic acid groups (broad SMARTS) is 1. The van der Waals surface area contributed by atoms with Gasteiger partial charge < -0.3 is 10.4 Å². The van der Waals surface area contributed by atoms with Gasteiger partial charge in [0.05, 0.1) is 18.2 Å². The quantitative estimate of drug-likeness (QED) is 0.775. The van der Waals surface area contributed by atoms with Gasteiger partial charge in [-0.2, -0.15) is 5.26 Å². The summed E-state index contributed by atoms with van der Waals surface area (Å²) in [6.45, 7) is 1.81. The van der Waals surface area contributed by atoms with Crippen LogP contribution in [0, 0.1) is 11.3 Å². The minimum absolute atomic E-state index is 0.0335. The highest BCUT2D eigenvalue weighted by atomic mass is 16.4. The molecule has 2 N–H and O–H groups in total. The van der Waals surface area contributed by atoms with Crippen LogP contribution < -0.4 is 5.32 Å². The Labute approximate surface area is 88.2 Å². The lowest BCUT2D eigenvalue weighted by molar-refractivity contribution is -0.136. The maximum atomic E-state index is 10.3. The van der Waals surface area contributed by atoms with Gasteiger partial charge in [0.25, 0.3) is 0 Å². The van der Waals surface area contributed by atoms with E-state index >= 15 is 0 Å². The molecule has 0 aromatic heterocycles. The fraction of sp³-hybridized carbons (Fsp3) is 0.273. The maximum Gasteiger partial charge on any atom is 0.317 e. The van der Waals surface area contributed by atoms with Crippen molar-refractivity contribution < 1.29 is 9.90 Å². The summed E-state index contributed by atoms with van der Waals surface area (Å²) in [5, 5.41) is 19.9. The smallest absolute Gasteiger partial charge is 0.317 e. The molecule has 0 aliphatic rings. The SMILES string of the molecule is C[C@@H](NCC(=O)O)c1ccc(C#N)cc1. The molecule has 0 saturated heterocycles. The van der Waals surface area contributed by atoms with Gasteiger partial charge in [-0.25, -0.2) is 0 Å². The molecule has 0 bridgehead atoms. The first-order valence-corrected chi connectivity index (χ1v) is 4.58. The number of nitrogens with zero attached hydrogens (tertiary/aromatic N) is 1. The van der Waals surface area contributed by atoms with E-state index in [9.17, 15) is 4.79 Å². The average Bonchev–Trinajstić information content (AvgIpc) is 2.26. The lowest BCUT2D eigenvalue weighted by Crippen LogP contribution is -2.25. The number of carboxylic acids is 1. The molecule has 1 atom stereocenters. The molecule has 4 heteroatoms. The number of benzene rings is 1. The summed E-state index contributed by atoms with van der Waals surface area (Å²) in [5.74, 6) is -0.879. The second-order valence-electron chi connectivity index (χ2n) is 3.23. The molecule has 0 heterocycles. The molecule has 1 aromatic carbocycles. The Bertz CT molecular complexity index is 379. The Morgan fingerprint density at radius 1 is 1.53 bits per heavy atom. The largest absolute Gasteiger partial charge is 0.480 e. The first-order chi connectivity index (χ1) is 7.13. The number of hydrogen-bond donors (Lipinski definition) is 2. The van der Waals surface area contributed by atoms with Gasteiger partial charge in [-0.3, -0.25) is 4.79 Å². The second-order valence-corrected chi connectivity index (χ2v) is 3.23. The van der Waals surface area contributed by atoms with E-state index in [4.69, 9.17) is 10.4 Å². The van der Waals surface area contributed by atoms with E-state index in [-0.39, 0.29) is 12.6 Å². The Hall–Kier alpha value is -1.86. The normalized spacial score (nSPS) is 11.7. The third-order valence-electron chi connectivity index (χ3n) is 2.10. The van der Waals surface area contributed by atoms with Gasteiger partial charge in [-0.15, -0.1) is 0 Å². The lowest BCUT2D eigenvalue weighted by atomic mass is 10.1. The van der Waals surface area contributed by atoms with E-state index in [1.54, 1.807) is 12.1 Å². The minimum Gasteiger partial charge on any atom is -0.480 e. The first-order valence-electron chi connectivity index (χ1n) is 4.58. The summed E-state index contributed by atoms with van der Waals surface area (Å²) < 4.78 is 0. The van der Waals surface area contributed by atoms with E-state index in [1.807, 2.05) is 25.1 Å². The number of aliphatic carboxylic acids is 1. The third kappa shape index (κ3) is 3.41. The van der Waals surface area contributed by atoms with Crippen LogP contribution in [-0.2, 0) is 4.79 Å². The standard InChI is InChI=1S/C11H12N2O2/c1-8(13-7-11(14)15)10-4-2-9(6-12)3-5-10/h2-5,8,13H,7H2,1H3,(H,14,15)/t8-/m1/s1. The van der Waals surface area contributed by atoms with Gasteiger partial charge in [0, 0.05) is 6.04 Å². The molecule has 4 nitrogen and oxygen atoms in total. The molecular formula is C11H12N2O2. The molecule has 1 rings (SSSR count). The molecule has 0 saturated carbocycles. The molecule has 0 amide bonds. The molecule has 15 heavy (non-hydrogen) atoms. The summed E-state index contributed by atoms with van der Waals surface area (Å²) in [6.07, 6.45) is 0. The predicted octanol–water partition coefficient (Wildman–Crippen LogP) is 1.29. The van der Waals surface area contributed by atoms with Gasteiger partial charge in [0.1, 0.15) is 0 Å². The molecule has 0 radical (unpaired) electrons. The monoisotopic (exact) mass is 204 g/mol. The second kappa shape index (κ2) is 5.13. The maximum absolute atomic E-state index is 10.3. The Balaban J connectivity index is 2.62. The molecule has 0 aliphatic heterocycles. The van der Waals surface area contributed by atoms with Crippen LogP contribution >= 0.6 is 0 Å². The van der Waals surface area contributed by atoms with Crippen molar-refractivity contribution in [1.29, 1.82) is 5.26 Å². The predicted molar refractivity (Wildman–Crippen MR) is 55.2 cm³/mol. The third-order valence-corrected chi connectivity index (χ3v) is 2.10. The molecule has 0 unspecified atom stereocenters. The van der Waals surface area contributed by atoms with Gasteiger partial charge in [0.2, 0.25) is 0 Å². The summed E-state index contributed by atoms with van der Waals surface area (Å²) in [7, 11) is 0.